The summed E-state index contributed by atoms with van der Waals surface area (Å²) in [5.41, 5.74) is 1.83. The lowest BCUT2D eigenvalue weighted by atomic mass is 10.1. The lowest BCUT2D eigenvalue weighted by Crippen LogP contribution is -2.36. The van der Waals surface area contributed by atoms with E-state index in [1.54, 1.807) is 23.0 Å². The SMILES string of the molecule is N#Cc1ccc(CN2CCCC2Cn2ncccc2=O)cc1. The smallest absolute Gasteiger partial charge is 0.266 e. The first-order valence-electron chi connectivity index (χ1n) is 7.51. The molecule has 0 amide bonds. The first-order valence-corrected chi connectivity index (χ1v) is 7.51. The molecular formula is C17H18N4O. The molecule has 22 heavy (non-hydrogen) atoms. The van der Waals surface area contributed by atoms with Crippen LogP contribution in [0.15, 0.2) is 47.4 Å². The summed E-state index contributed by atoms with van der Waals surface area (Å²) in [6.45, 7) is 2.51. The fourth-order valence-corrected chi connectivity index (χ4v) is 2.95. The molecule has 1 aromatic heterocycles. The molecule has 0 radical (unpaired) electrons. The Morgan fingerprint density at radius 1 is 1.27 bits per heavy atom. The second kappa shape index (κ2) is 6.54. The summed E-state index contributed by atoms with van der Waals surface area (Å²) in [6, 6.07) is 13.4. The molecule has 1 aliphatic rings. The van der Waals surface area contributed by atoms with E-state index in [1.165, 1.54) is 5.56 Å². The van der Waals surface area contributed by atoms with E-state index in [0.717, 1.165) is 25.9 Å². The molecular weight excluding hydrogens is 276 g/mol. The molecule has 1 unspecified atom stereocenters. The molecule has 3 rings (SSSR count). The molecule has 1 aromatic carbocycles. The normalized spacial score (nSPS) is 18.2. The molecule has 0 aliphatic carbocycles. The number of hydrogen-bond donors (Lipinski definition) is 0. The quantitative estimate of drug-likeness (QED) is 0.862. The lowest BCUT2D eigenvalue weighted by molar-refractivity contribution is 0.216. The highest BCUT2D eigenvalue weighted by Gasteiger charge is 2.25. The van der Waals surface area contributed by atoms with Crippen molar-refractivity contribution in [3.05, 3.63) is 64.1 Å². The van der Waals surface area contributed by atoms with E-state index in [0.29, 0.717) is 18.2 Å². The minimum absolute atomic E-state index is 0.0484. The average Bonchev–Trinajstić information content (AvgIpc) is 2.97. The largest absolute Gasteiger partial charge is 0.294 e. The van der Waals surface area contributed by atoms with Crippen molar-refractivity contribution in [2.24, 2.45) is 0 Å². The first kappa shape index (κ1) is 14.5. The zero-order valence-corrected chi connectivity index (χ0v) is 12.4. The van der Waals surface area contributed by atoms with Crippen molar-refractivity contribution in [1.29, 1.82) is 5.26 Å². The van der Waals surface area contributed by atoms with Gasteiger partial charge >= 0.3 is 0 Å². The third kappa shape index (κ3) is 3.23. The van der Waals surface area contributed by atoms with Crippen molar-refractivity contribution >= 4 is 0 Å². The Balaban J connectivity index is 1.69. The van der Waals surface area contributed by atoms with Gasteiger partial charge in [0, 0.05) is 24.8 Å². The van der Waals surface area contributed by atoms with E-state index in [-0.39, 0.29) is 5.56 Å². The average molecular weight is 294 g/mol. The van der Waals surface area contributed by atoms with Gasteiger partial charge in [-0.05, 0) is 43.1 Å². The van der Waals surface area contributed by atoms with Gasteiger partial charge in [-0.1, -0.05) is 12.1 Å². The summed E-state index contributed by atoms with van der Waals surface area (Å²) >= 11 is 0. The minimum Gasteiger partial charge on any atom is -0.294 e. The number of nitriles is 1. The molecule has 1 atom stereocenters. The van der Waals surface area contributed by atoms with Crippen molar-refractivity contribution in [3.8, 4) is 6.07 Å². The minimum atomic E-state index is -0.0484. The highest BCUT2D eigenvalue weighted by molar-refractivity contribution is 5.31. The summed E-state index contributed by atoms with van der Waals surface area (Å²) in [6.07, 6.45) is 3.88. The second-order valence-electron chi connectivity index (χ2n) is 5.62. The van der Waals surface area contributed by atoms with Gasteiger partial charge in [-0.25, -0.2) is 4.68 Å². The molecule has 5 heteroatoms. The molecule has 0 N–H and O–H groups in total. The summed E-state index contributed by atoms with van der Waals surface area (Å²) in [4.78, 5) is 14.2. The Morgan fingerprint density at radius 3 is 2.82 bits per heavy atom. The summed E-state index contributed by atoms with van der Waals surface area (Å²) in [7, 11) is 0. The van der Waals surface area contributed by atoms with Gasteiger partial charge in [0.25, 0.3) is 5.56 Å². The third-order valence-electron chi connectivity index (χ3n) is 4.14. The molecule has 2 aromatic rings. The highest BCUT2D eigenvalue weighted by Crippen LogP contribution is 2.21. The Morgan fingerprint density at radius 2 is 2.09 bits per heavy atom. The van der Waals surface area contributed by atoms with Crippen LogP contribution in [0.3, 0.4) is 0 Å². The van der Waals surface area contributed by atoms with Gasteiger partial charge in [0.15, 0.2) is 0 Å². The number of nitrogens with zero attached hydrogens (tertiary/aromatic N) is 4. The Bertz CT molecular complexity index is 729. The molecule has 1 aliphatic heterocycles. The fourth-order valence-electron chi connectivity index (χ4n) is 2.95. The molecule has 0 spiro atoms. The second-order valence-corrected chi connectivity index (χ2v) is 5.62. The van der Waals surface area contributed by atoms with Gasteiger partial charge in [0.05, 0.1) is 18.2 Å². The van der Waals surface area contributed by atoms with Crippen molar-refractivity contribution in [3.63, 3.8) is 0 Å². The van der Waals surface area contributed by atoms with Crippen LogP contribution in [0.4, 0.5) is 0 Å². The van der Waals surface area contributed by atoms with E-state index in [9.17, 15) is 4.79 Å². The Kier molecular flexibility index (Phi) is 4.31. The predicted molar refractivity (Wildman–Crippen MR) is 83.1 cm³/mol. The van der Waals surface area contributed by atoms with Crippen LogP contribution in [0.2, 0.25) is 0 Å². The van der Waals surface area contributed by atoms with Crippen molar-refractivity contribution < 1.29 is 0 Å². The number of hydrogen-bond acceptors (Lipinski definition) is 4. The van der Waals surface area contributed by atoms with Crippen LogP contribution in [0.25, 0.3) is 0 Å². The molecule has 5 nitrogen and oxygen atoms in total. The van der Waals surface area contributed by atoms with Gasteiger partial charge < -0.3 is 0 Å². The standard InChI is InChI=1S/C17H18N4O/c18-11-14-5-7-15(8-6-14)12-20-10-2-3-16(20)13-21-17(22)4-1-9-19-21/h1,4-9,16H,2-3,10,12-13H2. The zero-order valence-electron chi connectivity index (χ0n) is 12.4. The number of aromatic nitrogens is 2. The molecule has 0 bridgehead atoms. The van der Waals surface area contributed by atoms with E-state index in [1.807, 2.05) is 24.3 Å². The molecule has 112 valence electrons. The summed E-state index contributed by atoms with van der Waals surface area (Å²) in [5.74, 6) is 0. The van der Waals surface area contributed by atoms with Gasteiger partial charge in [-0.15, -0.1) is 0 Å². The van der Waals surface area contributed by atoms with Crippen LogP contribution in [0, 0.1) is 11.3 Å². The monoisotopic (exact) mass is 294 g/mol. The molecule has 1 saturated heterocycles. The van der Waals surface area contributed by atoms with Crippen LogP contribution in [0.1, 0.15) is 24.0 Å². The van der Waals surface area contributed by atoms with E-state index >= 15 is 0 Å². The maximum absolute atomic E-state index is 11.8. The maximum Gasteiger partial charge on any atom is 0.266 e. The first-order chi connectivity index (χ1) is 10.8. The highest BCUT2D eigenvalue weighted by atomic mass is 16.1. The topological polar surface area (TPSA) is 61.9 Å². The Hall–Kier alpha value is -2.45. The third-order valence-corrected chi connectivity index (χ3v) is 4.14. The van der Waals surface area contributed by atoms with Crippen LogP contribution in [-0.4, -0.2) is 27.3 Å². The maximum atomic E-state index is 11.8. The number of benzene rings is 1. The van der Waals surface area contributed by atoms with Gasteiger partial charge in [-0.3, -0.25) is 9.69 Å². The van der Waals surface area contributed by atoms with Gasteiger partial charge in [0.1, 0.15) is 0 Å². The molecule has 1 fully saturated rings. The van der Waals surface area contributed by atoms with Crippen LogP contribution in [-0.2, 0) is 13.1 Å². The van der Waals surface area contributed by atoms with E-state index < -0.39 is 0 Å². The van der Waals surface area contributed by atoms with Crippen LogP contribution in [0.5, 0.6) is 0 Å². The number of likely N-dealkylation sites (tertiary alicyclic amines) is 1. The van der Waals surface area contributed by atoms with Gasteiger partial charge in [-0.2, -0.15) is 10.4 Å². The zero-order chi connectivity index (χ0) is 15.4. The molecule has 0 saturated carbocycles. The van der Waals surface area contributed by atoms with Crippen molar-refractivity contribution in [2.45, 2.75) is 32.0 Å². The fraction of sp³-hybridized carbons (Fsp3) is 0.353. The lowest BCUT2D eigenvalue weighted by Gasteiger charge is -2.24. The number of rotatable bonds is 4. The molecule has 2 heterocycles. The van der Waals surface area contributed by atoms with Crippen LogP contribution < -0.4 is 5.56 Å². The van der Waals surface area contributed by atoms with Gasteiger partial charge in [0.2, 0.25) is 0 Å². The Labute approximate surface area is 129 Å². The van der Waals surface area contributed by atoms with Crippen LogP contribution >= 0.6 is 0 Å². The van der Waals surface area contributed by atoms with E-state index in [2.05, 4.69) is 16.1 Å². The van der Waals surface area contributed by atoms with E-state index in [4.69, 9.17) is 5.26 Å². The summed E-state index contributed by atoms with van der Waals surface area (Å²) < 4.78 is 1.54. The van der Waals surface area contributed by atoms with Crippen molar-refractivity contribution in [2.75, 3.05) is 6.54 Å². The predicted octanol–water partition coefficient (Wildman–Crippen LogP) is 1.78. The van der Waals surface area contributed by atoms with Crippen molar-refractivity contribution in [1.82, 2.24) is 14.7 Å². The summed E-state index contributed by atoms with van der Waals surface area (Å²) in [5, 5.41) is 13.0.